The van der Waals surface area contributed by atoms with E-state index in [4.69, 9.17) is 15.3 Å². The van der Waals surface area contributed by atoms with Gasteiger partial charge in [0.15, 0.2) is 28.2 Å². The highest BCUT2D eigenvalue weighted by Gasteiger charge is 2.55. The number of quaternary nitrogens is 1. The molecule has 0 radical (unpaired) electrons. The average molecular weight is 737 g/mol. The Morgan fingerprint density at radius 2 is 1.98 bits per heavy atom. The summed E-state index contributed by atoms with van der Waals surface area (Å²) in [4.78, 5) is 73.4. The SMILES string of the molecule is CC(C)(OC=O)O/N=C(\C(=O)N[C@@H]1C(=O)N2C(C(=O)O)=C(C[N+]3(CCNC(=O)c4cc(O)c(O)c(F)c4)CCCC3)CS[C@H]12)c1csc(N)n1. The third-order valence-electron chi connectivity index (χ3n) is 8.42. The van der Waals surface area contributed by atoms with Gasteiger partial charge in [0.25, 0.3) is 30.0 Å². The molecular formula is C30H35FN7O10S2+. The summed E-state index contributed by atoms with van der Waals surface area (Å²) in [5.74, 6) is -7.59. The number of nitrogens with zero attached hydrogens (tertiary/aromatic N) is 4. The number of nitrogen functional groups attached to an aromatic ring is 1. The number of β-lactam (4-membered cyclic amide) rings is 1. The van der Waals surface area contributed by atoms with Crippen LogP contribution in [0.4, 0.5) is 9.52 Å². The molecule has 0 unspecified atom stereocenters. The number of hydrogen-bond acceptors (Lipinski definition) is 14. The second-order valence-electron chi connectivity index (χ2n) is 12.3. The zero-order chi connectivity index (χ0) is 36.4. The molecule has 1 aromatic carbocycles. The van der Waals surface area contributed by atoms with Gasteiger partial charge in [-0.15, -0.1) is 23.1 Å². The van der Waals surface area contributed by atoms with Crippen molar-refractivity contribution in [3.8, 4) is 11.5 Å². The van der Waals surface area contributed by atoms with Crippen molar-refractivity contribution in [2.75, 3.05) is 44.2 Å². The van der Waals surface area contributed by atoms with Crippen LogP contribution in [-0.4, -0.2) is 121 Å². The Bertz CT molecular complexity index is 1750. The number of thiazole rings is 1. The number of carbonyl (C=O) groups excluding carboxylic acids is 4. The molecule has 50 heavy (non-hydrogen) atoms. The number of fused-ring (bicyclic) bond motifs is 1. The number of halogens is 1. The normalized spacial score (nSPS) is 20.1. The molecule has 2 fully saturated rings. The zero-order valence-corrected chi connectivity index (χ0v) is 28.5. The van der Waals surface area contributed by atoms with E-state index in [1.807, 2.05) is 0 Å². The average Bonchev–Trinajstić information content (AvgIpc) is 3.70. The van der Waals surface area contributed by atoms with E-state index in [1.54, 1.807) is 0 Å². The van der Waals surface area contributed by atoms with Gasteiger partial charge in [0.1, 0.15) is 29.4 Å². The Morgan fingerprint density at radius 1 is 1.26 bits per heavy atom. The van der Waals surface area contributed by atoms with Crippen LogP contribution in [0.3, 0.4) is 0 Å². The maximum Gasteiger partial charge on any atom is 0.352 e. The Morgan fingerprint density at radius 3 is 2.60 bits per heavy atom. The number of aliphatic carboxylic acids is 1. The van der Waals surface area contributed by atoms with Crippen molar-refractivity contribution >= 4 is 64.1 Å². The van der Waals surface area contributed by atoms with E-state index >= 15 is 0 Å². The molecule has 3 aliphatic rings. The number of carboxylic acids is 1. The van der Waals surface area contributed by atoms with Gasteiger partial charge in [-0.05, 0) is 12.1 Å². The highest BCUT2D eigenvalue weighted by Crippen LogP contribution is 2.41. The standard InChI is InChI=1S/C30H34FN7O10S2/c1-30(2,47-14-39)48-36-20(18-13-50-29(32)34-18)25(43)35-21-26(44)37-22(28(45)46)16(12-49-27(21)37)11-38(6-3-4-7-38)8-5-33-24(42)15-9-17(31)23(41)19(40)10-15/h9-10,13-14,21,27H,3-8,11-12H2,1-2H3,(H6-,32,33,34,35,36,40,41,42,43,45,46)/p+1/t21-,27-/m1/s1. The molecule has 17 nitrogen and oxygen atoms in total. The van der Waals surface area contributed by atoms with Crippen molar-refractivity contribution in [2.24, 2.45) is 5.16 Å². The Balaban J connectivity index is 1.29. The number of likely N-dealkylation sites (tertiary alicyclic amines) is 1. The molecule has 0 bridgehead atoms. The van der Waals surface area contributed by atoms with Crippen LogP contribution < -0.4 is 16.4 Å². The van der Waals surface area contributed by atoms with Crippen molar-refractivity contribution < 1.29 is 57.7 Å². The van der Waals surface area contributed by atoms with E-state index in [2.05, 4.69) is 20.8 Å². The molecule has 4 heterocycles. The number of oxime groups is 1. The molecule has 20 heteroatoms. The summed E-state index contributed by atoms with van der Waals surface area (Å²) in [5.41, 5.74) is 5.63. The fraction of sp³-hybridized carbons (Fsp3) is 0.433. The van der Waals surface area contributed by atoms with Crippen LogP contribution in [0.5, 0.6) is 11.5 Å². The van der Waals surface area contributed by atoms with E-state index < -0.39 is 58.2 Å². The largest absolute Gasteiger partial charge is 0.504 e. The van der Waals surface area contributed by atoms with Gasteiger partial charge < -0.3 is 45.7 Å². The number of phenolic OH excluding ortho intramolecular Hbond substituents is 2. The smallest absolute Gasteiger partial charge is 0.352 e. The van der Waals surface area contributed by atoms with Gasteiger partial charge in [0, 0.05) is 49.0 Å². The van der Waals surface area contributed by atoms with E-state index in [9.17, 15) is 43.7 Å². The highest BCUT2D eigenvalue weighted by atomic mass is 32.2. The summed E-state index contributed by atoms with van der Waals surface area (Å²) in [5, 5.41) is 39.4. The molecule has 0 saturated carbocycles. The number of benzene rings is 1. The van der Waals surface area contributed by atoms with E-state index in [0.29, 0.717) is 36.2 Å². The molecular weight excluding hydrogens is 702 g/mol. The van der Waals surface area contributed by atoms with Crippen LogP contribution in [-0.2, 0) is 28.8 Å². The Hall–Kier alpha value is -4.95. The van der Waals surface area contributed by atoms with Crippen molar-refractivity contribution in [1.29, 1.82) is 0 Å². The fourth-order valence-electron chi connectivity index (χ4n) is 6.00. The third kappa shape index (κ3) is 7.60. The van der Waals surface area contributed by atoms with Gasteiger partial charge in [0.05, 0.1) is 26.2 Å². The van der Waals surface area contributed by atoms with Gasteiger partial charge in [-0.1, -0.05) is 5.16 Å². The number of nitrogens with two attached hydrogens (primary N) is 1. The second kappa shape index (κ2) is 14.5. The van der Waals surface area contributed by atoms with Crippen LogP contribution in [0.1, 0.15) is 42.7 Å². The number of anilines is 1. The Labute approximate surface area is 292 Å². The number of phenols is 2. The van der Waals surface area contributed by atoms with Crippen LogP contribution >= 0.6 is 23.1 Å². The minimum absolute atomic E-state index is 0.0458. The molecule has 2 saturated heterocycles. The predicted octanol–water partition coefficient (Wildman–Crippen LogP) is 0.685. The number of carbonyl (C=O) groups is 5. The van der Waals surface area contributed by atoms with Gasteiger partial charge >= 0.3 is 5.97 Å². The van der Waals surface area contributed by atoms with E-state index in [0.717, 1.165) is 41.2 Å². The lowest BCUT2D eigenvalue weighted by atomic mass is 10.0. The molecule has 2 aromatic rings. The van der Waals surface area contributed by atoms with Gasteiger partial charge in [0.2, 0.25) is 0 Å². The van der Waals surface area contributed by atoms with Crippen molar-refractivity contribution in [3.05, 3.63) is 45.9 Å². The maximum atomic E-state index is 13.8. The molecule has 0 spiro atoms. The number of nitrogens with one attached hydrogen (secondary N) is 2. The predicted molar refractivity (Wildman–Crippen MR) is 176 cm³/mol. The van der Waals surface area contributed by atoms with E-state index in [-0.39, 0.29) is 46.6 Å². The molecule has 3 aliphatic heterocycles. The van der Waals surface area contributed by atoms with Crippen molar-refractivity contribution in [2.45, 2.75) is 43.9 Å². The van der Waals surface area contributed by atoms with Gasteiger partial charge in [-0.2, -0.15) is 0 Å². The quantitative estimate of drug-likeness (QED) is 0.0298. The number of ether oxygens (including phenoxy) is 1. The van der Waals surface area contributed by atoms with E-state index in [1.165, 1.54) is 31.0 Å². The van der Waals surface area contributed by atoms with Gasteiger partial charge in [-0.3, -0.25) is 24.1 Å². The number of carboxylic acid groups (broad SMARTS) is 1. The first kappa shape index (κ1) is 36.3. The van der Waals surface area contributed by atoms with Crippen LogP contribution in [0.2, 0.25) is 0 Å². The first-order valence-electron chi connectivity index (χ1n) is 15.3. The second-order valence-corrected chi connectivity index (χ2v) is 14.3. The summed E-state index contributed by atoms with van der Waals surface area (Å²) in [6, 6.07) is 0.666. The number of hydrogen-bond donors (Lipinski definition) is 6. The minimum Gasteiger partial charge on any atom is -0.504 e. The van der Waals surface area contributed by atoms with Crippen molar-refractivity contribution in [3.63, 3.8) is 0 Å². The topological polar surface area (TPSA) is 243 Å². The summed E-state index contributed by atoms with van der Waals surface area (Å²) in [6.07, 6.45) is 1.73. The number of aromatic hydroxyl groups is 2. The number of rotatable bonds is 14. The lowest BCUT2D eigenvalue weighted by molar-refractivity contribution is -0.911. The van der Waals surface area contributed by atoms with Crippen LogP contribution in [0.25, 0.3) is 0 Å². The summed E-state index contributed by atoms with van der Waals surface area (Å²) < 4.78 is 19.1. The monoisotopic (exact) mass is 736 g/mol. The van der Waals surface area contributed by atoms with Crippen LogP contribution in [0, 0.1) is 5.82 Å². The fourth-order valence-corrected chi connectivity index (χ4v) is 7.89. The highest BCUT2D eigenvalue weighted by molar-refractivity contribution is 8.00. The van der Waals surface area contributed by atoms with Crippen LogP contribution in [0.15, 0.2) is 33.9 Å². The zero-order valence-electron chi connectivity index (χ0n) is 26.9. The molecule has 268 valence electrons. The number of amides is 3. The molecule has 7 N–H and O–H groups in total. The first-order chi connectivity index (χ1) is 23.6. The summed E-state index contributed by atoms with van der Waals surface area (Å²) in [6.45, 7) is 5.18. The van der Waals surface area contributed by atoms with Gasteiger partial charge in [-0.25, -0.2) is 14.2 Å². The summed E-state index contributed by atoms with van der Waals surface area (Å²) >= 11 is 2.32. The number of thioether (sulfide) groups is 1. The summed E-state index contributed by atoms with van der Waals surface area (Å²) in [7, 11) is 0. The molecule has 5 rings (SSSR count). The first-order valence-corrected chi connectivity index (χ1v) is 17.2. The number of aromatic nitrogens is 1. The molecule has 1 aromatic heterocycles. The Kier molecular flexibility index (Phi) is 10.5. The lowest BCUT2D eigenvalue weighted by Gasteiger charge is -2.50. The lowest BCUT2D eigenvalue weighted by Crippen LogP contribution is -2.71. The van der Waals surface area contributed by atoms with Crippen molar-refractivity contribution in [1.82, 2.24) is 20.5 Å². The third-order valence-corrected chi connectivity index (χ3v) is 10.4. The minimum atomic E-state index is -1.54. The molecule has 2 atom stereocenters. The molecule has 3 amide bonds. The molecule has 0 aliphatic carbocycles. The maximum absolute atomic E-state index is 13.8.